The average molecular weight is 394 g/mol. The van der Waals surface area contributed by atoms with Gasteiger partial charge in [0.25, 0.3) is 0 Å². The molecule has 0 aliphatic rings. The fourth-order valence-electron chi connectivity index (χ4n) is 3.16. The molecule has 142 valence electrons. The number of hydrogen-bond donors (Lipinski definition) is 1. The van der Waals surface area contributed by atoms with Crippen LogP contribution in [0.2, 0.25) is 0 Å². The monoisotopic (exact) mass is 394 g/mol. The van der Waals surface area contributed by atoms with E-state index in [1.165, 1.54) is 12.3 Å². The molecule has 1 N–H and O–H groups in total. The van der Waals surface area contributed by atoms with Gasteiger partial charge in [0.1, 0.15) is 0 Å². The molecule has 1 unspecified atom stereocenters. The molecule has 0 radical (unpaired) electrons. The molecule has 0 saturated carbocycles. The summed E-state index contributed by atoms with van der Waals surface area (Å²) in [6, 6.07) is 15.9. The first-order valence-electron chi connectivity index (χ1n) is 8.67. The van der Waals surface area contributed by atoms with Crippen LogP contribution < -0.4 is 5.69 Å². The largest absolute Gasteiger partial charge is 0.329 e. The Morgan fingerprint density at radius 3 is 2.54 bits per heavy atom. The standard InChI is InChI=1S/C20H18N4O3S/c1-13(14-7-4-3-5-8-14)24-19-18(23-20(24)25)21-12-17(22-19)15-9-6-10-16(11-15)28(2,26)27/h3-13H,1-2H3,(H,21,23,25). The van der Waals surface area contributed by atoms with Crippen LogP contribution in [0.15, 0.2) is 70.5 Å². The molecule has 28 heavy (non-hydrogen) atoms. The van der Waals surface area contributed by atoms with Crippen molar-refractivity contribution >= 4 is 21.1 Å². The smallest absolute Gasteiger partial charge is 0.289 e. The number of nitrogens with zero attached hydrogens (tertiary/aromatic N) is 3. The third kappa shape index (κ3) is 3.22. The molecule has 1 atom stereocenters. The summed E-state index contributed by atoms with van der Waals surface area (Å²) in [4.78, 5) is 24.4. The van der Waals surface area contributed by atoms with Crippen molar-refractivity contribution in [3.05, 3.63) is 76.8 Å². The van der Waals surface area contributed by atoms with Crippen molar-refractivity contribution in [3.8, 4) is 11.3 Å². The lowest BCUT2D eigenvalue weighted by atomic mass is 10.1. The van der Waals surface area contributed by atoms with Gasteiger partial charge in [0.2, 0.25) is 0 Å². The number of nitrogens with one attached hydrogen (secondary N) is 1. The predicted octanol–water partition coefficient (Wildman–Crippen LogP) is 2.80. The van der Waals surface area contributed by atoms with E-state index in [1.807, 2.05) is 37.3 Å². The molecule has 7 nitrogen and oxygen atoms in total. The first-order valence-corrected chi connectivity index (χ1v) is 10.6. The van der Waals surface area contributed by atoms with Gasteiger partial charge >= 0.3 is 5.69 Å². The van der Waals surface area contributed by atoms with Gasteiger partial charge in [-0.3, -0.25) is 9.55 Å². The molecule has 0 fully saturated rings. The van der Waals surface area contributed by atoms with Crippen molar-refractivity contribution in [2.45, 2.75) is 17.9 Å². The van der Waals surface area contributed by atoms with E-state index in [0.29, 0.717) is 22.6 Å². The number of hydrogen-bond acceptors (Lipinski definition) is 5. The summed E-state index contributed by atoms with van der Waals surface area (Å²) in [5.74, 6) is 0. The topological polar surface area (TPSA) is 97.7 Å². The number of sulfone groups is 1. The van der Waals surface area contributed by atoms with Gasteiger partial charge in [-0.05, 0) is 24.6 Å². The molecule has 2 aromatic heterocycles. The van der Waals surface area contributed by atoms with Crippen LogP contribution in [0.4, 0.5) is 0 Å². The molecule has 0 aliphatic heterocycles. The Kier molecular flexibility index (Phi) is 4.35. The third-order valence-electron chi connectivity index (χ3n) is 4.65. The first-order chi connectivity index (χ1) is 13.3. The summed E-state index contributed by atoms with van der Waals surface area (Å²) in [5.41, 5.74) is 2.58. The van der Waals surface area contributed by atoms with E-state index in [1.54, 1.807) is 22.8 Å². The Balaban J connectivity index is 1.87. The molecule has 0 spiro atoms. The first kappa shape index (κ1) is 18.1. The summed E-state index contributed by atoms with van der Waals surface area (Å²) in [6.07, 6.45) is 2.68. The maximum Gasteiger partial charge on any atom is 0.329 e. The fourth-order valence-corrected chi connectivity index (χ4v) is 3.83. The predicted molar refractivity (Wildman–Crippen MR) is 107 cm³/mol. The zero-order valence-corrected chi connectivity index (χ0v) is 16.1. The lowest BCUT2D eigenvalue weighted by Crippen LogP contribution is -2.21. The average Bonchev–Trinajstić information content (AvgIpc) is 3.02. The van der Waals surface area contributed by atoms with Gasteiger partial charge in [-0.1, -0.05) is 42.5 Å². The molecule has 0 aliphatic carbocycles. The van der Waals surface area contributed by atoms with E-state index in [2.05, 4.69) is 15.0 Å². The van der Waals surface area contributed by atoms with Crippen molar-refractivity contribution in [1.82, 2.24) is 19.5 Å². The number of aromatic nitrogens is 4. The minimum absolute atomic E-state index is 0.205. The molecule has 2 aromatic carbocycles. The second kappa shape index (κ2) is 6.72. The van der Waals surface area contributed by atoms with Crippen LogP contribution in [-0.2, 0) is 9.84 Å². The van der Waals surface area contributed by atoms with Crippen LogP contribution in [0.1, 0.15) is 18.5 Å². The van der Waals surface area contributed by atoms with Gasteiger partial charge < -0.3 is 0 Å². The SMILES string of the molecule is CC(c1ccccc1)n1c(=O)[nH]c2ncc(-c3cccc(S(C)(=O)=O)c3)nc21. The summed E-state index contributed by atoms with van der Waals surface area (Å²) in [6.45, 7) is 1.92. The quantitative estimate of drug-likeness (QED) is 0.574. The van der Waals surface area contributed by atoms with Gasteiger partial charge in [0.15, 0.2) is 21.1 Å². The second-order valence-electron chi connectivity index (χ2n) is 6.61. The van der Waals surface area contributed by atoms with E-state index >= 15 is 0 Å². The van der Waals surface area contributed by atoms with E-state index in [0.717, 1.165) is 11.8 Å². The molecule has 0 saturated heterocycles. The van der Waals surface area contributed by atoms with Crippen LogP contribution in [-0.4, -0.2) is 34.2 Å². The second-order valence-corrected chi connectivity index (χ2v) is 8.63. The Labute approximate surface area is 161 Å². The van der Waals surface area contributed by atoms with Crippen LogP contribution in [0, 0.1) is 0 Å². The summed E-state index contributed by atoms with van der Waals surface area (Å²) < 4.78 is 25.2. The lowest BCUT2D eigenvalue weighted by molar-refractivity contribution is 0.602. The van der Waals surface area contributed by atoms with Crippen molar-refractivity contribution < 1.29 is 8.42 Å². The van der Waals surface area contributed by atoms with Crippen molar-refractivity contribution in [1.29, 1.82) is 0 Å². The van der Waals surface area contributed by atoms with Crippen LogP contribution in [0.3, 0.4) is 0 Å². The molecule has 4 aromatic rings. The Bertz CT molecular complexity index is 1320. The van der Waals surface area contributed by atoms with E-state index in [4.69, 9.17) is 0 Å². The van der Waals surface area contributed by atoms with Crippen molar-refractivity contribution in [2.75, 3.05) is 6.26 Å². The lowest BCUT2D eigenvalue weighted by Gasteiger charge is -2.13. The zero-order chi connectivity index (χ0) is 19.9. The van der Waals surface area contributed by atoms with E-state index in [-0.39, 0.29) is 16.6 Å². The normalized spacial score (nSPS) is 12.9. The zero-order valence-electron chi connectivity index (χ0n) is 15.3. The molecular formula is C20H18N4O3S. The Morgan fingerprint density at radius 2 is 1.82 bits per heavy atom. The number of fused-ring (bicyclic) bond motifs is 1. The Morgan fingerprint density at radius 1 is 1.07 bits per heavy atom. The Hall–Kier alpha value is -3.26. The van der Waals surface area contributed by atoms with Crippen LogP contribution >= 0.6 is 0 Å². The summed E-state index contributed by atoms with van der Waals surface area (Å²) in [5, 5.41) is 0. The van der Waals surface area contributed by atoms with E-state index in [9.17, 15) is 13.2 Å². The minimum Gasteiger partial charge on any atom is -0.289 e. The molecule has 8 heteroatoms. The van der Waals surface area contributed by atoms with Crippen LogP contribution in [0.5, 0.6) is 0 Å². The fraction of sp³-hybridized carbons (Fsp3) is 0.150. The van der Waals surface area contributed by atoms with Gasteiger partial charge in [0.05, 0.1) is 22.8 Å². The van der Waals surface area contributed by atoms with Gasteiger partial charge in [-0.15, -0.1) is 0 Å². The molecule has 0 amide bonds. The number of imidazole rings is 1. The van der Waals surface area contributed by atoms with Gasteiger partial charge in [0, 0.05) is 11.8 Å². The highest BCUT2D eigenvalue weighted by atomic mass is 32.2. The number of H-pyrrole nitrogens is 1. The van der Waals surface area contributed by atoms with Gasteiger partial charge in [-0.25, -0.2) is 23.2 Å². The minimum atomic E-state index is -3.34. The highest BCUT2D eigenvalue weighted by Gasteiger charge is 2.18. The molecule has 0 bridgehead atoms. The molecular weight excluding hydrogens is 376 g/mol. The number of benzene rings is 2. The molecule has 4 rings (SSSR count). The van der Waals surface area contributed by atoms with Crippen molar-refractivity contribution in [3.63, 3.8) is 0 Å². The highest BCUT2D eigenvalue weighted by Crippen LogP contribution is 2.24. The van der Waals surface area contributed by atoms with Crippen LogP contribution in [0.25, 0.3) is 22.6 Å². The highest BCUT2D eigenvalue weighted by molar-refractivity contribution is 7.90. The molecule has 2 heterocycles. The van der Waals surface area contributed by atoms with E-state index < -0.39 is 9.84 Å². The van der Waals surface area contributed by atoms with Crippen molar-refractivity contribution in [2.24, 2.45) is 0 Å². The maximum absolute atomic E-state index is 12.5. The maximum atomic E-state index is 12.5. The third-order valence-corrected chi connectivity index (χ3v) is 5.76. The summed E-state index contributed by atoms with van der Waals surface area (Å²) in [7, 11) is -3.34. The number of aromatic amines is 1. The van der Waals surface area contributed by atoms with Gasteiger partial charge in [-0.2, -0.15) is 0 Å². The number of rotatable bonds is 4. The summed E-state index contributed by atoms with van der Waals surface area (Å²) >= 11 is 0.